The maximum Gasteiger partial charge on any atom is 0.338 e. The molecule has 0 aliphatic carbocycles. The standard InChI is InChI=1S/C23H28FN3O3/c1-3-25(4-2)19-11-9-18(10-12-19)23(29)30-17-22(28)27-15-13-26(14-16-27)21-8-6-5-7-20(21)24/h5-12H,3-4,13-17H2,1-2H3. The maximum atomic E-state index is 13.9. The second-order valence-corrected chi connectivity index (χ2v) is 7.11. The van der Waals surface area contributed by atoms with E-state index in [1.54, 1.807) is 35.2 Å². The molecule has 0 N–H and O–H groups in total. The molecule has 0 unspecified atom stereocenters. The summed E-state index contributed by atoms with van der Waals surface area (Å²) in [7, 11) is 0. The lowest BCUT2D eigenvalue weighted by Gasteiger charge is -2.36. The minimum absolute atomic E-state index is 0.240. The minimum Gasteiger partial charge on any atom is -0.452 e. The van der Waals surface area contributed by atoms with Crippen molar-refractivity contribution < 1.29 is 18.7 Å². The largest absolute Gasteiger partial charge is 0.452 e. The Morgan fingerprint density at radius 2 is 1.60 bits per heavy atom. The average molecular weight is 413 g/mol. The molecule has 30 heavy (non-hydrogen) atoms. The molecule has 160 valence electrons. The van der Waals surface area contributed by atoms with Gasteiger partial charge in [0.1, 0.15) is 5.82 Å². The summed E-state index contributed by atoms with van der Waals surface area (Å²) >= 11 is 0. The van der Waals surface area contributed by atoms with Crippen LogP contribution in [0, 0.1) is 5.82 Å². The lowest BCUT2D eigenvalue weighted by Crippen LogP contribution is -2.50. The van der Waals surface area contributed by atoms with E-state index in [0.717, 1.165) is 18.8 Å². The van der Waals surface area contributed by atoms with Gasteiger partial charge in [-0.1, -0.05) is 12.1 Å². The van der Waals surface area contributed by atoms with E-state index in [1.165, 1.54) is 6.07 Å². The highest BCUT2D eigenvalue weighted by atomic mass is 19.1. The van der Waals surface area contributed by atoms with E-state index in [1.807, 2.05) is 17.0 Å². The zero-order valence-electron chi connectivity index (χ0n) is 17.5. The predicted octanol–water partition coefficient (Wildman–Crippen LogP) is 3.18. The van der Waals surface area contributed by atoms with Crippen LogP contribution < -0.4 is 9.80 Å². The SMILES string of the molecule is CCN(CC)c1ccc(C(=O)OCC(=O)N2CCN(c3ccccc3F)CC2)cc1. The number of para-hydroxylation sites is 1. The molecule has 2 aromatic carbocycles. The second-order valence-electron chi connectivity index (χ2n) is 7.11. The van der Waals surface area contributed by atoms with Gasteiger partial charge < -0.3 is 19.4 Å². The Morgan fingerprint density at radius 3 is 2.20 bits per heavy atom. The highest BCUT2D eigenvalue weighted by Crippen LogP contribution is 2.20. The van der Waals surface area contributed by atoms with Crippen molar-refractivity contribution >= 4 is 23.3 Å². The molecule has 0 atom stereocenters. The molecule has 0 spiro atoms. The van der Waals surface area contributed by atoms with E-state index in [-0.39, 0.29) is 18.3 Å². The van der Waals surface area contributed by atoms with Crippen LogP contribution in [0.2, 0.25) is 0 Å². The van der Waals surface area contributed by atoms with Crippen molar-refractivity contribution in [2.45, 2.75) is 13.8 Å². The van der Waals surface area contributed by atoms with E-state index in [4.69, 9.17) is 4.74 Å². The zero-order chi connectivity index (χ0) is 21.5. The maximum absolute atomic E-state index is 13.9. The third-order valence-corrected chi connectivity index (χ3v) is 5.38. The van der Waals surface area contributed by atoms with E-state index in [0.29, 0.717) is 37.4 Å². The summed E-state index contributed by atoms with van der Waals surface area (Å²) < 4.78 is 19.1. The molecule has 0 aromatic heterocycles. The van der Waals surface area contributed by atoms with Gasteiger partial charge in [0.15, 0.2) is 6.61 Å². The van der Waals surface area contributed by atoms with Crippen LogP contribution >= 0.6 is 0 Å². The first-order valence-corrected chi connectivity index (χ1v) is 10.3. The van der Waals surface area contributed by atoms with Crippen LogP contribution in [0.5, 0.6) is 0 Å². The summed E-state index contributed by atoms with van der Waals surface area (Å²) in [5.74, 6) is -1.02. The van der Waals surface area contributed by atoms with Crippen molar-refractivity contribution in [1.82, 2.24) is 4.90 Å². The Hall–Kier alpha value is -3.09. The minimum atomic E-state index is -0.514. The number of carbonyl (C=O) groups is 2. The molecule has 1 amide bonds. The number of hydrogen-bond acceptors (Lipinski definition) is 5. The fraction of sp³-hybridized carbons (Fsp3) is 0.391. The molecule has 1 aliphatic rings. The number of anilines is 2. The lowest BCUT2D eigenvalue weighted by atomic mass is 10.2. The molecule has 1 aliphatic heterocycles. The van der Waals surface area contributed by atoms with E-state index in [2.05, 4.69) is 18.7 Å². The van der Waals surface area contributed by atoms with Gasteiger partial charge in [-0.25, -0.2) is 9.18 Å². The smallest absolute Gasteiger partial charge is 0.338 e. The average Bonchev–Trinajstić information content (AvgIpc) is 2.79. The number of ether oxygens (including phenoxy) is 1. The second kappa shape index (κ2) is 10.1. The molecule has 1 saturated heterocycles. The van der Waals surface area contributed by atoms with Gasteiger partial charge in [-0.15, -0.1) is 0 Å². The van der Waals surface area contributed by atoms with E-state index in [9.17, 15) is 14.0 Å². The summed E-state index contributed by atoms with van der Waals surface area (Å²) in [6, 6.07) is 13.8. The number of benzene rings is 2. The van der Waals surface area contributed by atoms with Crippen LogP contribution in [0.3, 0.4) is 0 Å². The van der Waals surface area contributed by atoms with Gasteiger partial charge in [-0.2, -0.15) is 0 Å². The third-order valence-electron chi connectivity index (χ3n) is 5.38. The fourth-order valence-corrected chi connectivity index (χ4v) is 3.60. The van der Waals surface area contributed by atoms with Gasteiger partial charge >= 0.3 is 5.97 Å². The summed E-state index contributed by atoms with van der Waals surface area (Å²) in [4.78, 5) is 30.4. The fourth-order valence-electron chi connectivity index (χ4n) is 3.60. The first kappa shape index (κ1) is 21.6. The van der Waals surface area contributed by atoms with Gasteiger partial charge in [0.25, 0.3) is 5.91 Å². The number of carbonyl (C=O) groups excluding carboxylic acids is 2. The molecule has 7 heteroatoms. The zero-order valence-corrected chi connectivity index (χ0v) is 17.5. The number of amides is 1. The van der Waals surface area contributed by atoms with Gasteiger partial charge in [0.05, 0.1) is 11.3 Å². The number of halogens is 1. The summed E-state index contributed by atoms with van der Waals surface area (Å²) in [5.41, 5.74) is 2.01. The highest BCUT2D eigenvalue weighted by molar-refractivity contribution is 5.91. The van der Waals surface area contributed by atoms with Crippen LogP contribution in [0.1, 0.15) is 24.2 Å². The van der Waals surface area contributed by atoms with Gasteiger partial charge in [0, 0.05) is 45.0 Å². The topological polar surface area (TPSA) is 53.1 Å². The monoisotopic (exact) mass is 413 g/mol. The number of nitrogens with zero attached hydrogens (tertiary/aromatic N) is 3. The molecule has 3 rings (SSSR count). The number of rotatable bonds is 7. The Balaban J connectivity index is 1.48. The van der Waals surface area contributed by atoms with Gasteiger partial charge in [-0.05, 0) is 50.2 Å². The molecule has 0 saturated carbocycles. The molecule has 6 nitrogen and oxygen atoms in total. The molecule has 0 radical (unpaired) electrons. The first-order chi connectivity index (χ1) is 14.5. The van der Waals surface area contributed by atoms with Crippen molar-refractivity contribution in [3.8, 4) is 0 Å². The van der Waals surface area contributed by atoms with Crippen LogP contribution in [-0.2, 0) is 9.53 Å². The normalized spacial score (nSPS) is 13.8. The highest BCUT2D eigenvalue weighted by Gasteiger charge is 2.23. The Morgan fingerprint density at radius 1 is 0.967 bits per heavy atom. The Bertz CT molecular complexity index is 860. The summed E-state index contributed by atoms with van der Waals surface area (Å²) in [5, 5.41) is 0. The summed E-state index contributed by atoms with van der Waals surface area (Å²) in [6.45, 7) is 7.63. The quantitative estimate of drug-likeness (QED) is 0.653. The van der Waals surface area contributed by atoms with Gasteiger partial charge in [-0.3, -0.25) is 4.79 Å². The molecular formula is C23H28FN3O3. The lowest BCUT2D eigenvalue weighted by molar-refractivity contribution is -0.134. The molecule has 1 fully saturated rings. The van der Waals surface area contributed by atoms with E-state index >= 15 is 0 Å². The molecule has 2 aromatic rings. The van der Waals surface area contributed by atoms with Crippen molar-refractivity contribution in [2.75, 3.05) is 55.7 Å². The third kappa shape index (κ3) is 5.09. The van der Waals surface area contributed by atoms with Crippen LogP contribution in [0.4, 0.5) is 15.8 Å². The number of esters is 1. The number of hydrogen-bond donors (Lipinski definition) is 0. The van der Waals surface area contributed by atoms with Gasteiger partial charge in [0.2, 0.25) is 0 Å². The van der Waals surface area contributed by atoms with Crippen molar-refractivity contribution in [2.24, 2.45) is 0 Å². The van der Waals surface area contributed by atoms with Crippen LogP contribution in [0.15, 0.2) is 48.5 Å². The van der Waals surface area contributed by atoms with Crippen LogP contribution in [-0.4, -0.2) is 62.7 Å². The Labute approximate surface area is 176 Å². The molecular weight excluding hydrogens is 385 g/mol. The van der Waals surface area contributed by atoms with Crippen molar-refractivity contribution in [3.63, 3.8) is 0 Å². The van der Waals surface area contributed by atoms with E-state index < -0.39 is 5.97 Å². The molecule has 0 bridgehead atoms. The predicted molar refractivity (Wildman–Crippen MR) is 115 cm³/mol. The van der Waals surface area contributed by atoms with Crippen molar-refractivity contribution in [3.05, 3.63) is 59.9 Å². The summed E-state index contributed by atoms with van der Waals surface area (Å²) in [6.07, 6.45) is 0. The van der Waals surface area contributed by atoms with Crippen molar-refractivity contribution in [1.29, 1.82) is 0 Å². The Kier molecular flexibility index (Phi) is 7.27. The number of piperazine rings is 1. The molecule has 1 heterocycles. The first-order valence-electron chi connectivity index (χ1n) is 10.3. The van der Waals surface area contributed by atoms with Crippen LogP contribution in [0.25, 0.3) is 0 Å².